The van der Waals surface area contributed by atoms with Crippen molar-refractivity contribution in [3.63, 3.8) is 0 Å². The Morgan fingerprint density at radius 1 is 1.16 bits per heavy atom. The molecule has 2 rings (SSSR count). The van der Waals surface area contributed by atoms with E-state index in [4.69, 9.17) is 29.6 Å². The molecule has 0 spiro atoms. The molecule has 0 heterocycles. The predicted octanol–water partition coefficient (Wildman–Crippen LogP) is 3.10. The van der Waals surface area contributed by atoms with Crippen LogP contribution in [0.4, 0.5) is 4.39 Å². The SMILES string of the molecule is N#Cc1cc(F)c(Br)cc1O[C@H](CCNCCCO)c1ccccc1.O=C(O)C(=O)O. The van der Waals surface area contributed by atoms with Gasteiger partial charge in [-0.25, -0.2) is 14.0 Å². The van der Waals surface area contributed by atoms with Crippen LogP contribution >= 0.6 is 15.9 Å². The third kappa shape index (κ3) is 9.57. The molecule has 0 saturated carbocycles. The first-order chi connectivity index (χ1) is 14.8. The first kappa shape index (κ1) is 26.0. The van der Waals surface area contributed by atoms with Gasteiger partial charge in [-0.15, -0.1) is 0 Å². The molecule has 8 nitrogen and oxygen atoms in total. The molecule has 10 heteroatoms. The van der Waals surface area contributed by atoms with E-state index in [1.807, 2.05) is 36.4 Å². The van der Waals surface area contributed by atoms with Gasteiger partial charge in [0.05, 0.1) is 10.0 Å². The van der Waals surface area contributed by atoms with E-state index >= 15 is 0 Å². The number of aliphatic carboxylic acids is 2. The Morgan fingerprint density at radius 2 is 1.81 bits per heavy atom. The van der Waals surface area contributed by atoms with Crippen molar-refractivity contribution in [2.24, 2.45) is 0 Å². The minimum atomic E-state index is -1.82. The second-order valence-electron chi connectivity index (χ2n) is 6.12. The van der Waals surface area contributed by atoms with Gasteiger partial charge < -0.3 is 25.4 Å². The third-order valence-electron chi connectivity index (χ3n) is 3.86. The van der Waals surface area contributed by atoms with Crippen molar-refractivity contribution < 1.29 is 34.0 Å². The molecule has 31 heavy (non-hydrogen) atoms. The number of benzene rings is 2. The Balaban J connectivity index is 0.000000703. The van der Waals surface area contributed by atoms with Crippen LogP contribution in [0.5, 0.6) is 5.75 Å². The molecule has 0 aromatic heterocycles. The second kappa shape index (κ2) is 14.1. The molecule has 2 aromatic rings. The van der Waals surface area contributed by atoms with Gasteiger partial charge in [-0.1, -0.05) is 30.3 Å². The number of carbonyl (C=O) groups is 2. The molecule has 0 aliphatic rings. The van der Waals surface area contributed by atoms with Gasteiger partial charge in [0.15, 0.2) is 0 Å². The van der Waals surface area contributed by atoms with Crippen LogP contribution in [0.2, 0.25) is 0 Å². The number of aliphatic hydroxyl groups excluding tert-OH is 1. The first-order valence-corrected chi connectivity index (χ1v) is 9.98. The van der Waals surface area contributed by atoms with Crippen molar-refractivity contribution in [1.29, 1.82) is 5.26 Å². The van der Waals surface area contributed by atoms with E-state index in [9.17, 15) is 9.65 Å². The zero-order chi connectivity index (χ0) is 23.2. The van der Waals surface area contributed by atoms with Gasteiger partial charge in [0.25, 0.3) is 0 Å². The van der Waals surface area contributed by atoms with Gasteiger partial charge in [-0.3, -0.25) is 0 Å². The quantitative estimate of drug-likeness (QED) is 0.306. The number of hydrogen-bond donors (Lipinski definition) is 4. The van der Waals surface area contributed by atoms with E-state index in [1.165, 1.54) is 12.1 Å². The molecular weight excluding hydrogens is 475 g/mol. The van der Waals surface area contributed by atoms with Crippen molar-refractivity contribution >= 4 is 27.9 Å². The lowest BCUT2D eigenvalue weighted by Crippen LogP contribution is -2.21. The fourth-order valence-electron chi connectivity index (χ4n) is 2.39. The molecular formula is C21H22BrFN2O6. The topological polar surface area (TPSA) is 140 Å². The highest BCUT2D eigenvalue weighted by atomic mass is 79.9. The van der Waals surface area contributed by atoms with Gasteiger partial charge in [-0.05, 0) is 53.1 Å². The number of nitriles is 1. The highest BCUT2D eigenvalue weighted by molar-refractivity contribution is 9.10. The Labute approximate surface area is 187 Å². The van der Waals surface area contributed by atoms with Crippen LogP contribution in [0.1, 0.15) is 30.1 Å². The summed E-state index contributed by atoms with van der Waals surface area (Å²) >= 11 is 3.14. The molecule has 0 fully saturated rings. The highest BCUT2D eigenvalue weighted by Gasteiger charge is 2.17. The summed E-state index contributed by atoms with van der Waals surface area (Å²) in [7, 11) is 0. The van der Waals surface area contributed by atoms with Gasteiger partial charge in [0.2, 0.25) is 0 Å². The molecule has 0 bridgehead atoms. The smallest absolute Gasteiger partial charge is 0.414 e. The largest absolute Gasteiger partial charge is 0.484 e. The van der Waals surface area contributed by atoms with E-state index < -0.39 is 17.8 Å². The van der Waals surface area contributed by atoms with E-state index in [2.05, 4.69) is 21.2 Å². The van der Waals surface area contributed by atoms with E-state index in [-0.39, 0.29) is 22.7 Å². The van der Waals surface area contributed by atoms with Crippen LogP contribution in [-0.2, 0) is 9.59 Å². The number of nitrogens with one attached hydrogen (secondary N) is 1. The molecule has 0 saturated heterocycles. The van der Waals surface area contributed by atoms with Crippen LogP contribution < -0.4 is 10.1 Å². The summed E-state index contributed by atoms with van der Waals surface area (Å²) in [5, 5.41) is 36.1. The Bertz CT molecular complexity index is 893. The zero-order valence-electron chi connectivity index (χ0n) is 16.4. The number of carboxylic acid groups (broad SMARTS) is 2. The Hall–Kier alpha value is -3.00. The summed E-state index contributed by atoms with van der Waals surface area (Å²) in [5.41, 5.74) is 1.14. The zero-order valence-corrected chi connectivity index (χ0v) is 18.0. The Morgan fingerprint density at radius 3 is 2.35 bits per heavy atom. The number of rotatable bonds is 9. The highest BCUT2D eigenvalue weighted by Crippen LogP contribution is 2.31. The Kier molecular flexibility index (Phi) is 11.8. The first-order valence-electron chi connectivity index (χ1n) is 9.18. The average Bonchev–Trinajstić information content (AvgIpc) is 2.76. The van der Waals surface area contributed by atoms with Crippen molar-refractivity contribution in [3.8, 4) is 11.8 Å². The number of ether oxygens (including phenoxy) is 1. The average molecular weight is 497 g/mol. The van der Waals surface area contributed by atoms with Gasteiger partial charge >= 0.3 is 11.9 Å². The number of aliphatic hydroxyl groups is 1. The van der Waals surface area contributed by atoms with Crippen molar-refractivity contribution in [2.45, 2.75) is 18.9 Å². The van der Waals surface area contributed by atoms with Crippen LogP contribution in [0.25, 0.3) is 0 Å². The maximum Gasteiger partial charge on any atom is 0.414 e. The lowest BCUT2D eigenvalue weighted by molar-refractivity contribution is -0.159. The van der Waals surface area contributed by atoms with Crippen LogP contribution in [0.3, 0.4) is 0 Å². The molecule has 0 aliphatic heterocycles. The lowest BCUT2D eigenvalue weighted by atomic mass is 10.1. The molecule has 0 aliphatic carbocycles. The van der Waals surface area contributed by atoms with Crippen LogP contribution in [0, 0.1) is 17.1 Å². The molecule has 166 valence electrons. The molecule has 0 amide bonds. The summed E-state index contributed by atoms with van der Waals surface area (Å²) in [5.74, 6) is -3.80. The minimum Gasteiger partial charge on any atom is -0.484 e. The molecule has 4 N–H and O–H groups in total. The number of hydrogen-bond acceptors (Lipinski definition) is 6. The van der Waals surface area contributed by atoms with E-state index in [0.29, 0.717) is 25.1 Å². The summed E-state index contributed by atoms with van der Waals surface area (Å²) in [6.45, 7) is 1.58. The van der Waals surface area contributed by atoms with Crippen molar-refractivity contribution in [3.05, 3.63) is 63.9 Å². The van der Waals surface area contributed by atoms with Crippen LogP contribution in [0.15, 0.2) is 46.9 Å². The summed E-state index contributed by atoms with van der Waals surface area (Å²) in [6, 6.07) is 14.3. The fourth-order valence-corrected chi connectivity index (χ4v) is 2.71. The van der Waals surface area contributed by atoms with Crippen molar-refractivity contribution in [2.75, 3.05) is 19.7 Å². The normalized spacial score (nSPS) is 10.9. The van der Waals surface area contributed by atoms with Crippen molar-refractivity contribution in [1.82, 2.24) is 5.32 Å². The minimum absolute atomic E-state index is 0.154. The fraction of sp³-hybridized carbons (Fsp3) is 0.286. The van der Waals surface area contributed by atoms with E-state index in [1.54, 1.807) is 0 Å². The molecule has 2 aromatic carbocycles. The standard InChI is InChI=1S/C19H20BrFN2O2.C2H2O4/c20-16-12-19(15(13-22)11-17(16)21)25-18(7-9-23-8-4-10-24)14-5-2-1-3-6-14;3-1(4)2(5)6/h1-3,5-6,11-12,18,23-24H,4,7-10H2;(H,3,4)(H,5,6)/t18-;/m1./s1. The number of halogens is 2. The van der Waals surface area contributed by atoms with Gasteiger partial charge in [0, 0.05) is 13.0 Å². The van der Waals surface area contributed by atoms with E-state index in [0.717, 1.165) is 12.1 Å². The third-order valence-corrected chi connectivity index (χ3v) is 4.47. The number of carboxylic acids is 2. The predicted molar refractivity (Wildman–Crippen MR) is 113 cm³/mol. The summed E-state index contributed by atoms with van der Waals surface area (Å²) < 4.78 is 20.0. The summed E-state index contributed by atoms with van der Waals surface area (Å²) in [6.07, 6.45) is 1.10. The van der Waals surface area contributed by atoms with Gasteiger partial charge in [0.1, 0.15) is 23.7 Å². The maximum atomic E-state index is 13.6. The second-order valence-corrected chi connectivity index (χ2v) is 6.97. The summed E-state index contributed by atoms with van der Waals surface area (Å²) in [4.78, 5) is 18.2. The van der Waals surface area contributed by atoms with Gasteiger partial charge in [-0.2, -0.15) is 5.26 Å². The monoisotopic (exact) mass is 496 g/mol. The number of nitrogens with zero attached hydrogens (tertiary/aromatic N) is 1. The molecule has 1 atom stereocenters. The lowest BCUT2D eigenvalue weighted by Gasteiger charge is -2.21. The van der Waals surface area contributed by atoms with Crippen LogP contribution in [-0.4, -0.2) is 47.0 Å². The molecule has 0 unspecified atom stereocenters. The maximum absolute atomic E-state index is 13.6. The molecule has 0 radical (unpaired) electrons.